The second-order valence-electron chi connectivity index (χ2n) is 21.0. The van der Waals surface area contributed by atoms with Gasteiger partial charge in [-0.05, 0) is 70.6 Å². The molecule has 0 fully saturated rings. The average molecular weight is 979 g/mol. The molecule has 0 radical (unpaired) electrons. The highest BCUT2D eigenvalue weighted by Crippen LogP contribution is 2.43. The summed E-state index contributed by atoms with van der Waals surface area (Å²) in [7, 11) is 1.55. The van der Waals surface area contributed by atoms with Gasteiger partial charge in [0, 0.05) is 6.42 Å². The number of amides is 1. The zero-order valence-electron chi connectivity index (χ0n) is 45.6. The number of aliphatic hydroxyl groups excluding tert-OH is 1. The Kier molecular flexibility index (Phi) is 49.3. The fourth-order valence-corrected chi connectivity index (χ4v) is 9.16. The molecular weight excluding hydrogens is 864 g/mol. The lowest BCUT2D eigenvalue weighted by molar-refractivity contribution is -0.870. The van der Waals surface area contributed by atoms with Crippen LogP contribution in [-0.4, -0.2) is 73.4 Å². The van der Waals surface area contributed by atoms with Crippen molar-refractivity contribution in [3.63, 3.8) is 0 Å². The lowest BCUT2D eigenvalue weighted by atomic mass is 10.0. The standard InChI is InChI=1S/C59H113N2O6P/c1-6-8-10-12-14-16-18-20-22-23-24-25-26-27-28-29-30-31-32-33-34-35-36-37-39-41-43-45-47-49-51-53-59(63)60-57(56-67-68(64,65)66-55-54-61(3,4)5)58(62)52-50-48-46-44-42-40-38-21-19-17-15-13-11-9-7-2/h19,21,23-24,42,44,50,52,57-58,62H,6-18,20,22,25-41,43,45-49,51,53-56H2,1-5H3,(H-,60,63,64,65)/p+1/b21-19+,24-23-,44-42+,52-50+. The van der Waals surface area contributed by atoms with E-state index in [0.717, 1.165) is 44.9 Å². The number of rotatable bonds is 53. The average Bonchev–Trinajstić information content (AvgIpc) is 3.30. The number of carbonyl (C=O) groups excluding carboxylic acids is 1. The van der Waals surface area contributed by atoms with E-state index in [1.807, 2.05) is 27.2 Å². The van der Waals surface area contributed by atoms with Crippen LogP contribution in [0.15, 0.2) is 48.6 Å². The van der Waals surface area contributed by atoms with Gasteiger partial charge in [0.25, 0.3) is 0 Å². The van der Waals surface area contributed by atoms with E-state index < -0.39 is 20.0 Å². The van der Waals surface area contributed by atoms with E-state index in [1.165, 1.54) is 205 Å². The molecule has 0 saturated heterocycles. The fourth-order valence-electron chi connectivity index (χ4n) is 8.42. The SMILES string of the molecule is CCCCCCC/C=C/CC/C=C/CC/C=C/C(O)C(COP(=O)(O)OCC[N+](C)(C)C)NC(=O)CCCCCCCCCCCCCCCCCCCCC/C=C\CCCCCCCCCC. The number of unbranched alkanes of at least 4 members (excludes halogenated alkanes) is 34. The summed E-state index contributed by atoms with van der Waals surface area (Å²) in [5.74, 6) is -0.188. The lowest BCUT2D eigenvalue weighted by Gasteiger charge is -2.25. The molecule has 0 heterocycles. The third-order valence-corrected chi connectivity index (χ3v) is 14.0. The van der Waals surface area contributed by atoms with Crippen LogP contribution in [0.2, 0.25) is 0 Å². The van der Waals surface area contributed by atoms with Crippen LogP contribution >= 0.6 is 7.82 Å². The molecule has 3 unspecified atom stereocenters. The van der Waals surface area contributed by atoms with E-state index >= 15 is 0 Å². The number of hydrogen-bond acceptors (Lipinski definition) is 5. The van der Waals surface area contributed by atoms with Crippen LogP contribution in [0.4, 0.5) is 0 Å². The molecule has 0 aliphatic rings. The largest absolute Gasteiger partial charge is 0.472 e. The molecule has 0 aliphatic carbocycles. The molecule has 0 aromatic rings. The molecular formula is C59H114N2O6P+. The van der Waals surface area contributed by atoms with Crippen LogP contribution in [0.25, 0.3) is 0 Å². The van der Waals surface area contributed by atoms with Gasteiger partial charge in [-0.25, -0.2) is 4.57 Å². The number of carbonyl (C=O) groups is 1. The molecule has 3 atom stereocenters. The minimum Gasteiger partial charge on any atom is -0.387 e. The summed E-state index contributed by atoms with van der Waals surface area (Å²) in [6.07, 6.45) is 66.6. The van der Waals surface area contributed by atoms with Crippen LogP contribution < -0.4 is 5.32 Å². The molecule has 400 valence electrons. The minimum absolute atomic E-state index is 0.0539. The number of likely N-dealkylation sites (N-methyl/N-ethyl adjacent to an activating group) is 1. The van der Waals surface area contributed by atoms with Crippen molar-refractivity contribution < 1.29 is 32.9 Å². The molecule has 9 heteroatoms. The summed E-state index contributed by atoms with van der Waals surface area (Å²) in [4.78, 5) is 23.3. The third-order valence-electron chi connectivity index (χ3n) is 13.0. The Balaban J connectivity index is 4.09. The molecule has 8 nitrogen and oxygen atoms in total. The Hall–Kier alpha value is -1.54. The maximum absolute atomic E-state index is 13.0. The first-order valence-electron chi connectivity index (χ1n) is 29.0. The molecule has 0 rings (SSSR count). The van der Waals surface area contributed by atoms with Gasteiger partial charge in [0.2, 0.25) is 5.91 Å². The van der Waals surface area contributed by atoms with Crippen LogP contribution in [-0.2, 0) is 18.4 Å². The predicted molar refractivity (Wildman–Crippen MR) is 295 cm³/mol. The van der Waals surface area contributed by atoms with E-state index in [1.54, 1.807) is 6.08 Å². The van der Waals surface area contributed by atoms with Crippen molar-refractivity contribution >= 4 is 13.7 Å². The molecule has 0 aromatic carbocycles. The van der Waals surface area contributed by atoms with Crippen molar-refractivity contribution in [2.24, 2.45) is 0 Å². The number of phosphoric acid groups is 1. The first kappa shape index (κ1) is 66.5. The van der Waals surface area contributed by atoms with Gasteiger partial charge in [0.05, 0.1) is 39.9 Å². The van der Waals surface area contributed by atoms with E-state index in [0.29, 0.717) is 17.4 Å². The van der Waals surface area contributed by atoms with E-state index in [2.05, 4.69) is 55.6 Å². The molecule has 3 N–H and O–H groups in total. The summed E-state index contributed by atoms with van der Waals surface area (Å²) in [5, 5.41) is 13.9. The second kappa shape index (κ2) is 50.4. The number of hydrogen-bond donors (Lipinski definition) is 3. The van der Waals surface area contributed by atoms with E-state index in [9.17, 15) is 19.4 Å². The number of quaternary nitrogens is 1. The minimum atomic E-state index is -4.36. The van der Waals surface area contributed by atoms with Gasteiger partial charge in [0.15, 0.2) is 0 Å². The van der Waals surface area contributed by atoms with Crippen LogP contribution in [0, 0.1) is 0 Å². The van der Waals surface area contributed by atoms with Crippen molar-refractivity contribution in [3.05, 3.63) is 48.6 Å². The van der Waals surface area contributed by atoms with Crippen LogP contribution in [0.1, 0.15) is 271 Å². The molecule has 0 aromatic heterocycles. The number of aliphatic hydroxyl groups is 1. The van der Waals surface area contributed by atoms with Gasteiger partial charge in [-0.2, -0.15) is 0 Å². The zero-order chi connectivity index (χ0) is 49.9. The highest BCUT2D eigenvalue weighted by Gasteiger charge is 2.27. The summed E-state index contributed by atoms with van der Waals surface area (Å²) < 4.78 is 23.6. The smallest absolute Gasteiger partial charge is 0.387 e. The Labute approximate surface area is 422 Å². The predicted octanol–water partition coefficient (Wildman–Crippen LogP) is 17.5. The van der Waals surface area contributed by atoms with Crippen LogP contribution in [0.3, 0.4) is 0 Å². The van der Waals surface area contributed by atoms with Crippen molar-refractivity contribution in [1.82, 2.24) is 5.32 Å². The lowest BCUT2D eigenvalue weighted by Crippen LogP contribution is -2.45. The Bertz CT molecular complexity index is 1250. The topological polar surface area (TPSA) is 105 Å². The number of nitrogens with zero attached hydrogens (tertiary/aromatic N) is 1. The van der Waals surface area contributed by atoms with E-state index in [4.69, 9.17) is 9.05 Å². The van der Waals surface area contributed by atoms with Gasteiger partial charge in [-0.3, -0.25) is 13.8 Å². The van der Waals surface area contributed by atoms with Gasteiger partial charge >= 0.3 is 7.82 Å². The van der Waals surface area contributed by atoms with Crippen molar-refractivity contribution in [2.75, 3.05) is 40.9 Å². The molecule has 0 spiro atoms. The number of allylic oxidation sites excluding steroid dienone is 7. The second-order valence-corrected chi connectivity index (χ2v) is 22.4. The summed E-state index contributed by atoms with van der Waals surface area (Å²) in [5.41, 5.74) is 0. The van der Waals surface area contributed by atoms with Crippen LogP contribution in [0.5, 0.6) is 0 Å². The summed E-state index contributed by atoms with van der Waals surface area (Å²) in [6, 6.07) is -0.869. The maximum atomic E-state index is 13.0. The molecule has 0 saturated carbocycles. The highest BCUT2D eigenvalue weighted by molar-refractivity contribution is 7.47. The Morgan fingerprint density at radius 1 is 0.485 bits per heavy atom. The molecule has 0 aliphatic heterocycles. The summed E-state index contributed by atoms with van der Waals surface area (Å²) >= 11 is 0. The van der Waals surface area contributed by atoms with Gasteiger partial charge in [-0.15, -0.1) is 0 Å². The third kappa shape index (κ3) is 52.3. The molecule has 68 heavy (non-hydrogen) atoms. The first-order valence-corrected chi connectivity index (χ1v) is 30.5. The van der Waals surface area contributed by atoms with E-state index in [-0.39, 0.29) is 19.1 Å². The highest BCUT2D eigenvalue weighted by atomic mass is 31.2. The van der Waals surface area contributed by atoms with Crippen molar-refractivity contribution in [3.8, 4) is 0 Å². The number of nitrogens with one attached hydrogen (secondary N) is 1. The molecule has 1 amide bonds. The maximum Gasteiger partial charge on any atom is 0.472 e. The van der Waals surface area contributed by atoms with Crippen molar-refractivity contribution in [1.29, 1.82) is 0 Å². The molecule has 0 bridgehead atoms. The monoisotopic (exact) mass is 978 g/mol. The zero-order valence-corrected chi connectivity index (χ0v) is 46.5. The van der Waals surface area contributed by atoms with Gasteiger partial charge in [-0.1, -0.05) is 242 Å². The van der Waals surface area contributed by atoms with Crippen molar-refractivity contribution in [2.45, 2.75) is 283 Å². The van der Waals surface area contributed by atoms with Gasteiger partial charge in [0.1, 0.15) is 13.2 Å². The fraction of sp³-hybridized carbons (Fsp3) is 0.847. The Morgan fingerprint density at radius 2 is 0.809 bits per heavy atom. The first-order chi connectivity index (χ1) is 33.0. The number of phosphoric ester groups is 1. The normalized spacial score (nSPS) is 14.3. The summed E-state index contributed by atoms with van der Waals surface area (Å²) in [6.45, 7) is 4.79. The Morgan fingerprint density at radius 3 is 1.18 bits per heavy atom. The van der Waals surface area contributed by atoms with Gasteiger partial charge < -0.3 is 19.8 Å². The quantitative estimate of drug-likeness (QED) is 0.0243.